The highest BCUT2D eigenvalue weighted by Crippen LogP contribution is 2.23. The molecule has 3 aromatic rings. The summed E-state index contributed by atoms with van der Waals surface area (Å²) in [6.07, 6.45) is 1.98. The molecule has 0 atom stereocenters. The maximum absolute atomic E-state index is 12.0. The number of thiophene rings is 1. The molecule has 1 aromatic heterocycles. The van der Waals surface area contributed by atoms with Gasteiger partial charge in [-0.15, -0.1) is 11.3 Å². The molecule has 26 heavy (non-hydrogen) atoms. The minimum atomic E-state index is -0.316. The minimum Gasteiger partial charge on any atom is -0.426 e. The number of carbonyl (C=O) groups is 1. The number of esters is 1. The molecule has 3 rings (SSSR count). The number of hydrogen-bond acceptors (Lipinski definition) is 4. The number of rotatable bonds is 5. The first kappa shape index (κ1) is 17.9. The first-order valence-corrected chi connectivity index (χ1v) is 9.10. The van der Waals surface area contributed by atoms with E-state index in [1.54, 1.807) is 42.5 Å². The summed E-state index contributed by atoms with van der Waals surface area (Å²) in [6.45, 7) is 0. The Morgan fingerprint density at radius 2 is 2.00 bits per heavy atom. The Kier molecular flexibility index (Phi) is 5.85. The molecule has 0 aliphatic heterocycles. The van der Waals surface area contributed by atoms with Crippen molar-refractivity contribution in [3.63, 3.8) is 0 Å². The van der Waals surface area contributed by atoms with Crippen LogP contribution in [0.25, 0.3) is 11.6 Å². The van der Waals surface area contributed by atoms with E-state index in [0.29, 0.717) is 16.3 Å². The van der Waals surface area contributed by atoms with Crippen molar-refractivity contribution >= 4 is 40.6 Å². The van der Waals surface area contributed by atoms with E-state index in [-0.39, 0.29) is 12.4 Å². The first-order valence-electron chi connectivity index (χ1n) is 7.85. The summed E-state index contributed by atoms with van der Waals surface area (Å²) < 4.78 is 5.40. The van der Waals surface area contributed by atoms with Crippen LogP contribution in [0.1, 0.15) is 16.0 Å². The molecule has 0 aliphatic rings. The average molecular weight is 380 g/mol. The van der Waals surface area contributed by atoms with Gasteiger partial charge in [0.15, 0.2) is 0 Å². The number of halogens is 1. The zero-order valence-electron chi connectivity index (χ0n) is 13.7. The zero-order chi connectivity index (χ0) is 18.4. The molecule has 5 heteroatoms. The lowest BCUT2D eigenvalue weighted by Gasteiger charge is -2.05. The largest absolute Gasteiger partial charge is 0.426 e. The number of nitrogens with zero attached hydrogens (tertiary/aromatic N) is 1. The number of benzene rings is 2. The van der Waals surface area contributed by atoms with Crippen LogP contribution >= 0.6 is 22.9 Å². The lowest BCUT2D eigenvalue weighted by atomic mass is 10.0. The average Bonchev–Trinajstić information content (AvgIpc) is 3.12. The molecule has 0 aliphatic carbocycles. The molecule has 0 amide bonds. The molecule has 128 valence electrons. The van der Waals surface area contributed by atoms with Gasteiger partial charge in [0.2, 0.25) is 0 Å². The molecule has 0 saturated heterocycles. The fourth-order valence-electron chi connectivity index (χ4n) is 2.39. The Hall–Kier alpha value is -2.87. The Morgan fingerprint density at radius 1 is 1.15 bits per heavy atom. The Labute approximate surface area is 160 Å². The van der Waals surface area contributed by atoms with Crippen LogP contribution in [0.2, 0.25) is 5.02 Å². The molecular formula is C21H14ClNO2S. The van der Waals surface area contributed by atoms with Crippen molar-refractivity contribution in [2.75, 3.05) is 0 Å². The van der Waals surface area contributed by atoms with Gasteiger partial charge in [-0.2, -0.15) is 5.26 Å². The Bertz CT molecular complexity index is 987. The van der Waals surface area contributed by atoms with Crippen molar-refractivity contribution in [1.29, 1.82) is 5.26 Å². The van der Waals surface area contributed by atoms with Crippen molar-refractivity contribution in [1.82, 2.24) is 0 Å². The predicted molar refractivity (Wildman–Crippen MR) is 105 cm³/mol. The molecule has 1 heterocycles. The second-order valence-corrected chi connectivity index (χ2v) is 6.95. The van der Waals surface area contributed by atoms with Crippen LogP contribution in [0, 0.1) is 11.3 Å². The van der Waals surface area contributed by atoms with Crippen LogP contribution < -0.4 is 4.74 Å². The van der Waals surface area contributed by atoms with Crippen LogP contribution in [0.4, 0.5) is 0 Å². The third kappa shape index (κ3) is 4.82. The van der Waals surface area contributed by atoms with E-state index >= 15 is 0 Å². The summed E-state index contributed by atoms with van der Waals surface area (Å²) in [5.41, 5.74) is 1.98. The molecule has 0 spiro atoms. The van der Waals surface area contributed by atoms with Crippen LogP contribution in [0.5, 0.6) is 5.75 Å². The molecule has 0 saturated carbocycles. The standard InChI is InChI=1S/C21H14ClNO2S/c22-18-6-2-5-16(12-18)17(14-23)10-15-4-1-7-19(11-15)25-21(24)13-20-8-3-9-26-20/h1-12H,13H2/b17-10-. The van der Waals surface area contributed by atoms with Crippen LogP contribution in [0.3, 0.4) is 0 Å². The van der Waals surface area contributed by atoms with Gasteiger partial charge in [-0.25, -0.2) is 0 Å². The monoisotopic (exact) mass is 379 g/mol. The highest BCUT2D eigenvalue weighted by Gasteiger charge is 2.08. The molecule has 0 N–H and O–H groups in total. The molecule has 0 fully saturated rings. The maximum atomic E-state index is 12.0. The minimum absolute atomic E-state index is 0.240. The summed E-state index contributed by atoms with van der Waals surface area (Å²) in [5.74, 6) is 0.132. The fourth-order valence-corrected chi connectivity index (χ4v) is 3.27. The van der Waals surface area contributed by atoms with Gasteiger partial charge >= 0.3 is 5.97 Å². The van der Waals surface area contributed by atoms with Gasteiger partial charge in [0.05, 0.1) is 18.1 Å². The van der Waals surface area contributed by atoms with E-state index in [1.807, 2.05) is 29.6 Å². The van der Waals surface area contributed by atoms with Crippen LogP contribution in [-0.4, -0.2) is 5.97 Å². The third-order valence-electron chi connectivity index (χ3n) is 3.56. The fraction of sp³-hybridized carbons (Fsp3) is 0.0476. The summed E-state index contributed by atoms with van der Waals surface area (Å²) in [7, 11) is 0. The van der Waals surface area contributed by atoms with Crippen molar-refractivity contribution in [3.8, 4) is 11.8 Å². The Balaban J connectivity index is 1.78. The first-order chi connectivity index (χ1) is 12.6. The third-order valence-corrected chi connectivity index (χ3v) is 4.67. The van der Waals surface area contributed by atoms with Gasteiger partial charge in [-0.3, -0.25) is 4.79 Å². The van der Waals surface area contributed by atoms with E-state index in [4.69, 9.17) is 16.3 Å². The summed E-state index contributed by atoms with van der Waals surface area (Å²) in [4.78, 5) is 13.0. The van der Waals surface area contributed by atoms with E-state index in [9.17, 15) is 10.1 Å². The van der Waals surface area contributed by atoms with Crippen molar-refractivity contribution < 1.29 is 9.53 Å². The molecule has 0 bridgehead atoms. The van der Waals surface area contributed by atoms with Crippen LogP contribution in [-0.2, 0) is 11.2 Å². The summed E-state index contributed by atoms with van der Waals surface area (Å²) in [5, 5.41) is 11.9. The second-order valence-electron chi connectivity index (χ2n) is 5.48. The lowest BCUT2D eigenvalue weighted by molar-refractivity contribution is -0.133. The molecule has 0 radical (unpaired) electrons. The summed E-state index contributed by atoms with van der Waals surface area (Å²) in [6, 6.07) is 20.2. The van der Waals surface area contributed by atoms with Gasteiger partial charge in [-0.05, 0) is 52.9 Å². The topological polar surface area (TPSA) is 50.1 Å². The second kappa shape index (κ2) is 8.48. The smallest absolute Gasteiger partial charge is 0.316 e. The SMILES string of the molecule is N#C/C(=C/c1cccc(OC(=O)Cc2cccs2)c1)c1cccc(Cl)c1. The van der Waals surface area contributed by atoms with E-state index in [1.165, 1.54) is 11.3 Å². The van der Waals surface area contributed by atoms with Gasteiger partial charge < -0.3 is 4.74 Å². The van der Waals surface area contributed by atoms with Crippen molar-refractivity contribution in [2.45, 2.75) is 6.42 Å². The van der Waals surface area contributed by atoms with Crippen molar-refractivity contribution in [2.24, 2.45) is 0 Å². The van der Waals surface area contributed by atoms with Gasteiger partial charge in [0.25, 0.3) is 0 Å². The number of ether oxygens (including phenoxy) is 1. The molecule has 2 aromatic carbocycles. The normalized spacial score (nSPS) is 11.0. The number of nitriles is 1. The quantitative estimate of drug-likeness (QED) is 0.250. The van der Waals surface area contributed by atoms with Crippen molar-refractivity contribution in [3.05, 3.63) is 87.1 Å². The van der Waals surface area contributed by atoms with Gasteiger partial charge in [0, 0.05) is 9.90 Å². The summed E-state index contributed by atoms with van der Waals surface area (Å²) >= 11 is 7.51. The predicted octanol–water partition coefficient (Wildman–Crippen LogP) is 5.61. The van der Waals surface area contributed by atoms with E-state index in [0.717, 1.165) is 16.0 Å². The number of hydrogen-bond donors (Lipinski definition) is 0. The van der Waals surface area contributed by atoms with Crippen LogP contribution in [0.15, 0.2) is 66.0 Å². The highest BCUT2D eigenvalue weighted by atomic mass is 35.5. The molecule has 0 unspecified atom stereocenters. The Morgan fingerprint density at radius 3 is 2.73 bits per heavy atom. The van der Waals surface area contributed by atoms with Gasteiger partial charge in [-0.1, -0.05) is 41.9 Å². The van der Waals surface area contributed by atoms with Gasteiger partial charge in [0.1, 0.15) is 5.75 Å². The number of carbonyl (C=O) groups excluding carboxylic acids is 1. The maximum Gasteiger partial charge on any atom is 0.316 e. The lowest BCUT2D eigenvalue weighted by Crippen LogP contribution is -2.10. The zero-order valence-corrected chi connectivity index (χ0v) is 15.3. The number of allylic oxidation sites excluding steroid dienone is 1. The molecular weight excluding hydrogens is 366 g/mol. The van der Waals surface area contributed by atoms with E-state index < -0.39 is 0 Å². The van der Waals surface area contributed by atoms with E-state index in [2.05, 4.69) is 6.07 Å². The highest BCUT2D eigenvalue weighted by molar-refractivity contribution is 7.10. The molecule has 3 nitrogen and oxygen atoms in total.